The Bertz CT molecular complexity index is 1180. The largest absolute Gasteiger partial charge is 0.397 e. The highest BCUT2D eigenvalue weighted by atomic mass is 19.3. The van der Waals surface area contributed by atoms with Crippen molar-refractivity contribution in [1.82, 2.24) is 14.8 Å². The van der Waals surface area contributed by atoms with Crippen LogP contribution in [-0.2, 0) is 0 Å². The standard InChI is InChI=1S/C22H23F2N7O/c1-11(32)12-2-4-13(5-3-12)18(25)17-19(26)15(9-29-21(17)27)16-10-31(22(23)24)30-20(16)14-6-7-28-8-14/h2-5,9-10,14,22,25,28H,6-8H2,1H3,(H4,26,27,29)/p+2. The molecule has 1 saturated heterocycles. The summed E-state index contributed by atoms with van der Waals surface area (Å²) in [6.45, 7) is 0.375. The van der Waals surface area contributed by atoms with Crippen LogP contribution < -0.4 is 22.2 Å². The molecule has 0 saturated carbocycles. The van der Waals surface area contributed by atoms with Gasteiger partial charge in [0.15, 0.2) is 5.78 Å². The Kier molecular flexibility index (Phi) is 5.70. The van der Waals surface area contributed by atoms with E-state index in [9.17, 15) is 13.6 Å². The van der Waals surface area contributed by atoms with Crippen molar-refractivity contribution in [3.63, 3.8) is 0 Å². The van der Waals surface area contributed by atoms with E-state index in [1.807, 2.05) is 0 Å². The molecule has 0 bridgehead atoms. The molecular formula is C22H25F2N7O+2. The van der Waals surface area contributed by atoms with Crippen LogP contribution in [0.15, 0.2) is 36.7 Å². The molecule has 3 heterocycles. The Morgan fingerprint density at radius 1 is 1.22 bits per heavy atom. The molecule has 1 aliphatic heterocycles. The third kappa shape index (κ3) is 3.84. The molecule has 3 aromatic rings. The number of halogens is 2. The van der Waals surface area contributed by atoms with Crippen molar-refractivity contribution >= 4 is 23.0 Å². The third-order valence-electron chi connectivity index (χ3n) is 5.83. The number of pyridine rings is 1. The quantitative estimate of drug-likeness (QED) is 0.323. The molecule has 8 nitrogen and oxygen atoms in total. The van der Waals surface area contributed by atoms with Crippen LogP contribution in [-0.4, -0.2) is 39.3 Å². The topological polar surface area (TPSA) is 142 Å². The number of nitrogen functional groups attached to an aromatic ring is 2. The molecule has 1 aliphatic rings. The van der Waals surface area contributed by atoms with Gasteiger partial charge in [-0.25, -0.2) is 9.67 Å². The van der Waals surface area contributed by atoms with Crippen molar-refractivity contribution in [3.05, 3.63) is 59.0 Å². The highest BCUT2D eigenvalue weighted by molar-refractivity contribution is 6.16. The molecule has 8 N–H and O–H groups in total. The van der Waals surface area contributed by atoms with Gasteiger partial charge in [-0.05, 0) is 19.1 Å². The second-order valence-corrected chi connectivity index (χ2v) is 7.88. The molecular weight excluding hydrogens is 416 g/mol. The number of ketones is 1. The number of alkyl halides is 2. The predicted molar refractivity (Wildman–Crippen MR) is 116 cm³/mol. The predicted octanol–water partition coefficient (Wildman–Crippen LogP) is 0.354. The Morgan fingerprint density at radius 3 is 2.50 bits per heavy atom. The van der Waals surface area contributed by atoms with E-state index in [2.05, 4.69) is 15.4 Å². The number of Topliss-reactive ketones (excluding diaryl/α,β-unsaturated/α-hetero) is 1. The number of hydrogen-bond acceptors (Lipinski definition) is 5. The van der Waals surface area contributed by atoms with E-state index in [0.717, 1.165) is 19.5 Å². The van der Waals surface area contributed by atoms with Crippen LogP contribution in [0.4, 0.5) is 20.3 Å². The van der Waals surface area contributed by atoms with Gasteiger partial charge in [-0.15, -0.1) is 0 Å². The van der Waals surface area contributed by atoms with Crippen LogP contribution >= 0.6 is 0 Å². The number of carbonyl (C=O) groups excluding carboxylic acids is 1. The van der Waals surface area contributed by atoms with E-state index in [-0.39, 0.29) is 28.9 Å². The van der Waals surface area contributed by atoms with Crippen molar-refractivity contribution < 1.29 is 24.3 Å². The van der Waals surface area contributed by atoms with E-state index < -0.39 is 6.55 Å². The highest BCUT2D eigenvalue weighted by Crippen LogP contribution is 2.37. The summed E-state index contributed by atoms with van der Waals surface area (Å²) in [5.41, 5.74) is 16.1. The maximum absolute atomic E-state index is 13.4. The zero-order valence-electron chi connectivity index (χ0n) is 17.6. The molecule has 10 heteroatoms. The summed E-state index contributed by atoms with van der Waals surface area (Å²) in [4.78, 5) is 15.8. The van der Waals surface area contributed by atoms with Gasteiger partial charge < -0.3 is 16.8 Å². The van der Waals surface area contributed by atoms with Crippen LogP contribution in [0.3, 0.4) is 0 Å². The lowest BCUT2D eigenvalue weighted by Gasteiger charge is -2.13. The average Bonchev–Trinajstić information content (AvgIpc) is 3.44. The first kappa shape index (κ1) is 21.6. The van der Waals surface area contributed by atoms with Crippen LogP contribution in [0.1, 0.15) is 53.0 Å². The molecule has 0 spiro atoms. The Morgan fingerprint density at radius 2 is 1.91 bits per heavy atom. The van der Waals surface area contributed by atoms with E-state index >= 15 is 0 Å². The second-order valence-electron chi connectivity index (χ2n) is 7.88. The molecule has 2 aromatic heterocycles. The van der Waals surface area contributed by atoms with Crippen LogP contribution in [0, 0.1) is 0 Å². The van der Waals surface area contributed by atoms with Crippen molar-refractivity contribution in [3.8, 4) is 11.1 Å². The van der Waals surface area contributed by atoms with Gasteiger partial charge in [0.1, 0.15) is 11.4 Å². The number of nitrogens with two attached hydrogens (primary N) is 4. The van der Waals surface area contributed by atoms with Gasteiger partial charge in [0, 0.05) is 41.1 Å². The van der Waals surface area contributed by atoms with Crippen molar-refractivity contribution in [2.24, 2.45) is 0 Å². The minimum atomic E-state index is -2.77. The zero-order valence-corrected chi connectivity index (χ0v) is 17.6. The molecule has 1 atom stereocenters. The molecule has 4 rings (SSSR count). The number of anilines is 2. The number of nitrogens with zero attached hydrogens (tertiary/aromatic N) is 3. The van der Waals surface area contributed by atoms with Crippen LogP contribution in [0.5, 0.6) is 0 Å². The zero-order chi connectivity index (χ0) is 23.0. The highest BCUT2D eigenvalue weighted by Gasteiger charge is 2.30. The van der Waals surface area contributed by atoms with Crippen molar-refractivity contribution in [1.29, 1.82) is 0 Å². The number of aromatic nitrogens is 3. The minimum Gasteiger partial charge on any atom is -0.397 e. The Labute approximate surface area is 183 Å². The summed E-state index contributed by atoms with van der Waals surface area (Å²) in [6, 6.07) is 6.73. The fraction of sp³-hybridized carbons (Fsp3) is 0.273. The first-order valence-electron chi connectivity index (χ1n) is 10.2. The second kappa shape index (κ2) is 8.46. The van der Waals surface area contributed by atoms with Crippen molar-refractivity contribution in [2.45, 2.75) is 25.8 Å². The summed E-state index contributed by atoms with van der Waals surface area (Å²) < 4.78 is 27.5. The average molecular weight is 441 g/mol. The van der Waals surface area contributed by atoms with Gasteiger partial charge in [0.05, 0.1) is 30.4 Å². The van der Waals surface area contributed by atoms with Crippen LogP contribution in [0.2, 0.25) is 0 Å². The number of rotatable bonds is 6. The fourth-order valence-electron chi connectivity index (χ4n) is 4.09. The number of hydrogen-bond donors (Lipinski definition) is 4. The summed E-state index contributed by atoms with van der Waals surface area (Å²) in [5.74, 6) is 0.0905. The third-order valence-corrected chi connectivity index (χ3v) is 5.83. The summed E-state index contributed by atoms with van der Waals surface area (Å²) in [6.07, 6.45) is 3.60. The van der Waals surface area contributed by atoms with Gasteiger partial charge >= 0.3 is 6.55 Å². The maximum atomic E-state index is 13.4. The first-order chi connectivity index (χ1) is 15.3. The minimum absolute atomic E-state index is 0.0332. The van der Waals surface area contributed by atoms with Crippen molar-refractivity contribution in [2.75, 3.05) is 24.6 Å². The molecule has 0 amide bonds. The maximum Gasteiger partial charge on any atom is 0.333 e. The molecule has 32 heavy (non-hydrogen) atoms. The lowest BCUT2D eigenvalue weighted by molar-refractivity contribution is -0.636. The van der Waals surface area contributed by atoms with Gasteiger partial charge in [-0.1, -0.05) is 12.1 Å². The summed E-state index contributed by atoms with van der Waals surface area (Å²) in [7, 11) is 0. The number of quaternary nitrogens is 1. The van der Waals surface area contributed by atoms with Gasteiger partial charge in [-0.3, -0.25) is 10.2 Å². The van der Waals surface area contributed by atoms with Crippen LogP contribution in [0.25, 0.3) is 11.1 Å². The lowest BCUT2D eigenvalue weighted by Crippen LogP contribution is -2.81. The molecule has 0 aliphatic carbocycles. The summed E-state index contributed by atoms with van der Waals surface area (Å²) >= 11 is 0. The van der Waals surface area contributed by atoms with Gasteiger partial charge in [0.2, 0.25) is 5.71 Å². The molecule has 0 radical (unpaired) electrons. The molecule has 166 valence electrons. The monoisotopic (exact) mass is 441 g/mol. The van der Waals surface area contributed by atoms with E-state index in [1.54, 1.807) is 24.3 Å². The number of carbonyl (C=O) groups is 1. The summed E-state index contributed by atoms with van der Waals surface area (Å²) in [5, 5.41) is 12.7. The lowest BCUT2D eigenvalue weighted by atomic mass is 9.93. The SMILES string of the molecule is CC(=O)c1ccc(C(=[NH2+])c2c(N)ncc(-c3cn(C(F)F)nc3C3CC[NH2+]C3)c2N)cc1. The van der Waals surface area contributed by atoms with E-state index in [1.165, 1.54) is 19.3 Å². The normalized spacial score (nSPS) is 15.9. The Hall–Kier alpha value is -3.66. The molecule has 1 fully saturated rings. The molecule has 1 aromatic carbocycles. The van der Waals surface area contributed by atoms with Gasteiger partial charge in [-0.2, -0.15) is 13.9 Å². The number of benzene rings is 1. The molecule has 1 unspecified atom stereocenters. The van der Waals surface area contributed by atoms with Gasteiger partial charge in [0.25, 0.3) is 0 Å². The van der Waals surface area contributed by atoms with E-state index in [4.69, 9.17) is 16.9 Å². The fourth-order valence-corrected chi connectivity index (χ4v) is 4.09. The smallest absolute Gasteiger partial charge is 0.333 e. The Balaban J connectivity index is 1.80. The van der Waals surface area contributed by atoms with E-state index in [0.29, 0.717) is 38.2 Å². The first-order valence-corrected chi connectivity index (χ1v) is 10.2.